The van der Waals surface area contributed by atoms with Crippen molar-refractivity contribution in [2.24, 2.45) is 12.5 Å². The van der Waals surface area contributed by atoms with Crippen LogP contribution >= 0.6 is 15.9 Å². The van der Waals surface area contributed by atoms with E-state index in [1.54, 1.807) is 0 Å². The maximum atomic E-state index is 13.2. The Bertz CT molecular complexity index is 458. The molecule has 1 aromatic rings. The number of rotatable bonds is 2. The normalized spacial score (nSPS) is 24.5. The lowest BCUT2D eigenvalue weighted by molar-refractivity contribution is -0.197. The lowest BCUT2D eigenvalue weighted by Gasteiger charge is -2.29. The summed E-state index contributed by atoms with van der Waals surface area (Å²) in [6, 6.07) is 0. The highest BCUT2D eigenvalue weighted by atomic mass is 79.9. The number of hydrogen-bond donors (Lipinski definition) is 1. The van der Waals surface area contributed by atoms with E-state index in [0.717, 1.165) is 4.68 Å². The minimum atomic E-state index is -4.57. The van der Waals surface area contributed by atoms with Gasteiger partial charge in [0.15, 0.2) is 5.78 Å². The molecular weight excluding hydrogens is 315 g/mol. The van der Waals surface area contributed by atoms with Gasteiger partial charge in [-0.25, -0.2) is 0 Å². The molecule has 0 spiro atoms. The van der Waals surface area contributed by atoms with Gasteiger partial charge in [0, 0.05) is 13.6 Å². The third-order valence-corrected chi connectivity index (χ3v) is 3.82. The van der Waals surface area contributed by atoms with Crippen molar-refractivity contribution in [1.82, 2.24) is 15.1 Å². The van der Waals surface area contributed by atoms with E-state index in [4.69, 9.17) is 0 Å². The number of halogens is 4. The second-order valence-electron chi connectivity index (χ2n) is 4.30. The number of carbonyl (C=O) groups is 1. The molecule has 18 heavy (non-hydrogen) atoms. The number of ketones is 1. The van der Waals surface area contributed by atoms with Crippen molar-refractivity contribution >= 4 is 21.7 Å². The summed E-state index contributed by atoms with van der Waals surface area (Å²) in [6.07, 6.45) is -3.50. The van der Waals surface area contributed by atoms with Gasteiger partial charge in [-0.3, -0.25) is 9.48 Å². The van der Waals surface area contributed by atoms with Crippen molar-refractivity contribution in [3.05, 3.63) is 16.4 Å². The van der Waals surface area contributed by atoms with Crippen molar-refractivity contribution in [2.45, 2.75) is 12.6 Å². The van der Waals surface area contributed by atoms with E-state index in [1.807, 2.05) is 0 Å². The van der Waals surface area contributed by atoms with Crippen LogP contribution in [0, 0.1) is 5.41 Å². The van der Waals surface area contributed by atoms with E-state index < -0.39 is 17.4 Å². The summed E-state index contributed by atoms with van der Waals surface area (Å²) in [7, 11) is 1.45. The number of nitrogens with one attached hydrogen (secondary N) is 1. The van der Waals surface area contributed by atoms with Crippen LogP contribution in [0.15, 0.2) is 10.7 Å². The summed E-state index contributed by atoms with van der Waals surface area (Å²) < 4.78 is 41.1. The molecular formula is C10H11BrF3N3O. The second kappa shape index (κ2) is 4.34. The fourth-order valence-electron chi connectivity index (χ4n) is 2.15. The van der Waals surface area contributed by atoms with Gasteiger partial charge in [0.2, 0.25) is 0 Å². The fourth-order valence-corrected chi connectivity index (χ4v) is 2.68. The number of carbonyl (C=O) groups excluding carboxylic acids is 1. The summed E-state index contributed by atoms with van der Waals surface area (Å²) in [5, 5.41) is 6.40. The molecule has 1 aliphatic heterocycles. The van der Waals surface area contributed by atoms with Crippen molar-refractivity contribution < 1.29 is 18.0 Å². The Balaban J connectivity index is 2.49. The zero-order valence-electron chi connectivity index (χ0n) is 9.51. The topological polar surface area (TPSA) is 46.9 Å². The molecule has 1 fully saturated rings. The largest absolute Gasteiger partial charge is 0.403 e. The highest BCUT2D eigenvalue weighted by molar-refractivity contribution is 9.10. The minimum absolute atomic E-state index is 0.0453. The Hall–Kier alpha value is -0.890. The summed E-state index contributed by atoms with van der Waals surface area (Å²) >= 11 is 3.06. The number of aryl methyl sites for hydroxylation is 1. The van der Waals surface area contributed by atoms with Crippen LogP contribution in [0.4, 0.5) is 13.2 Å². The molecule has 0 aliphatic carbocycles. The lowest BCUT2D eigenvalue weighted by Crippen LogP contribution is -2.47. The van der Waals surface area contributed by atoms with Gasteiger partial charge in [-0.1, -0.05) is 0 Å². The van der Waals surface area contributed by atoms with Crippen molar-refractivity contribution in [3.63, 3.8) is 0 Å². The number of aromatic nitrogens is 2. The van der Waals surface area contributed by atoms with Crippen LogP contribution < -0.4 is 5.32 Å². The van der Waals surface area contributed by atoms with Crippen LogP contribution in [0.25, 0.3) is 0 Å². The van der Waals surface area contributed by atoms with E-state index in [2.05, 4.69) is 26.3 Å². The van der Waals surface area contributed by atoms with Gasteiger partial charge >= 0.3 is 6.18 Å². The Kier molecular flexibility index (Phi) is 3.26. The molecule has 8 heteroatoms. The quantitative estimate of drug-likeness (QED) is 0.845. The van der Waals surface area contributed by atoms with E-state index in [9.17, 15) is 18.0 Å². The van der Waals surface area contributed by atoms with Gasteiger partial charge in [0.05, 0.1) is 10.7 Å². The number of Topliss-reactive ketones (excluding diaryl/α,β-unsaturated/α-hetero) is 1. The molecule has 0 aromatic carbocycles. The minimum Gasteiger partial charge on any atom is -0.315 e. The Morgan fingerprint density at radius 1 is 1.61 bits per heavy atom. The van der Waals surface area contributed by atoms with Crippen LogP contribution in [-0.2, 0) is 7.05 Å². The van der Waals surface area contributed by atoms with Gasteiger partial charge in [-0.05, 0) is 28.9 Å². The van der Waals surface area contributed by atoms with E-state index in [-0.39, 0.29) is 29.7 Å². The monoisotopic (exact) mass is 325 g/mol. The predicted octanol–water partition coefficient (Wildman–Crippen LogP) is 1.91. The van der Waals surface area contributed by atoms with Crippen molar-refractivity contribution in [1.29, 1.82) is 0 Å². The van der Waals surface area contributed by atoms with Crippen LogP contribution in [0.5, 0.6) is 0 Å². The molecule has 1 aromatic heterocycles. The molecule has 4 nitrogen and oxygen atoms in total. The van der Waals surface area contributed by atoms with Crippen LogP contribution in [0.1, 0.15) is 16.9 Å². The first-order valence-corrected chi connectivity index (χ1v) is 6.08. The SMILES string of the molecule is Cn1ncc(Br)c1C(=O)C1(C(F)(F)F)CCNC1. The molecule has 2 rings (SSSR count). The first-order chi connectivity index (χ1) is 8.29. The molecule has 0 saturated carbocycles. The summed E-state index contributed by atoms with van der Waals surface area (Å²) in [5.74, 6) is -0.938. The lowest BCUT2D eigenvalue weighted by atomic mass is 9.80. The number of alkyl halides is 3. The zero-order chi connectivity index (χ0) is 13.6. The average Bonchev–Trinajstić information content (AvgIpc) is 2.85. The maximum absolute atomic E-state index is 13.2. The average molecular weight is 326 g/mol. The molecule has 1 N–H and O–H groups in total. The van der Waals surface area contributed by atoms with Gasteiger partial charge in [0.25, 0.3) is 0 Å². The Morgan fingerprint density at radius 2 is 2.28 bits per heavy atom. The summed E-state index contributed by atoms with van der Waals surface area (Å²) in [4.78, 5) is 12.3. The number of hydrogen-bond acceptors (Lipinski definition) is 3. The third kappa shape index (κ3) is 1.87. The zero-order valence-corrected chi connectivity index (χ0v) is 11.1. The molecule has 100 valence electrons. The van der Waals surface area contributed by atoms with Gasteiger partial charge < -0.3 is 5.32 Å². The van der Waals surface area contributed by atoms with Crippen LogP contribution in [0.2, 0.25) is 0 Å². The summed E-state index contributed by atoms with van der Waals surface area (Å²) in [6.45, 7) is -0.201. The van der Waals surface area contributed by atoms with Crippen LogP contribution in [0.3, 0.4) is 0 Å². The first-order valence-electron chi connectivity index (χ1n) is 5.29. The highest BCUT2D eigenvalue weighted by Crippen LogP contribution is 2.45. The van der Waals surface area contributed by atoms with E-state index in [1.165, 1.54) is 13.2 Å². The molecule has 1 atom stereocenters. The summed E-state index contributed by atoms with van der Waals surface area (Å²) in [5.41, 5.74) is -2.39. The fraction of sp³-hybridized carbons (Fsp3) is 0.600. The molecule has 0 amide bonds. The number of nitrogens with zero attached hydrogens (tertiary/aromatic N) is 2. The molecule has 0 bridgehead atoms. The van der Waals surface area contributed by atoms with E-state index >= 15 is 0 Å². The molecule has 1 saturated heterocycles. The molecule has 1 unspecified atom stereocenters. The van der Waals surface area contributed by atoms with E-state index in [0.29, 0.717) is 0 Å². The van der Waals surface area contributed by atoms with Gasteiger partial charge in [0.1, 0.15) is 11.1 Å². The Morgan fingerprint density at radius 3 is 2.67 bits per heavy atom. The second-order valence-corrected chi connectivity index (χ2v) is 5.15. The predicted molar refractivity (Wildman–Crippen MR) is 61.2 cm³/mol. The smallest absolute Gasteiger partial charge is 0.315 e. The van der Waals surface area contributed by atoms with Gasteiger partial charge in [-0.2, -0.15) is 18.3 Å². The van der Waals surface area contributed by atoms with Crippen molar-refractivity contribution in [3.8, 4) is 0 Å². The standard InChI is InChI=1S/C10H11BrF3N3O/c1-17-7(6(11)4-16-17)8(18)9(10(12,13)14)2-3-15-5-9/h4,15H,2-3,5H2,1H3. The van der Waals surface area contributed by atoms with Gasteiger partial charge in [-0.15, -0.1) is 0 Å². The molecule has 1 aliphatic rings. The molecule has 0 radical (unpaired) electrons. The first kappa shape index (κ1) is 13.5. The van der Waals surface area contributed by atoms with Crippen LogP contribution in [-0.4, -0.2) is 34.8 Å². The highest BCUT2D eigenvalue weighted by Gasteiger charge is 2.62. The Labute approximate surface area is 110 Å². The van der Waals surface area contributed by atoms with Crippen molar-refractivity contribution in [2.75, 3.05) is 13.1 Å². The maximum Gasteiger partial charge on any atom is 0.403 e. The molecule has 2 heterocycles. The third-order valence-electron chi connectivity index (χ3n) is 3.24.